The number of halogens is 1. The fourth-order valence-corrected chi connectivity index (χ4v) is 2.57. The van der Waals surface area contributed by atoms with Crippen molar-refractivity contribution in [2.75, 3.05) is 5.73 Å². The van der Waals surface area contributed by atoms with Gasteiger partial charge in [-0.05, 0) is 25.1 Å². The van der Waals surface area contributed by atoms with Crippen molar-refractivity contribution >= 4 is 27.1 Å². The molecule has 0 unspecified atom stereocenters. The Morgan fingerprint density at radius 2 is 1.94 bits per heavy atom. The first-order valence-corrected chi connectivity index (χ1v) is 6.45. The summed E-state index contributed by atoms with van der Waals surface area (Å²) < 4.78 is 3.06. The van der Waals surface area contributed by atoms with Crippen LogP contribution in [0.1, 0.15) is 5.82 Å². The Morgan fingerprint density at radius 3 is 2.72 bits per heavy atom. The summed E-state index contributed by atoms with van der Waals surface area (Å²) in [6.07, 6.45) is 1.90. The predicted octanol–water partition coefficient (Wildman–Crippen LogP) is 3.65. The number of pyridine rings is 1. The monoisotopic (exact) mass is 301 g/mol. The molecule has 3 aromatic rings. The molecule has 0 amide bonds. The topological polar surface area (TPSA) is 43.3 Å². The molecule has 3 rings (SSSR count). The largest absolute Gasteiger partial charge is 0.398 e. The number of imidazole rings is 1. The highest BCUT2D eigenvalue weighted by molar-refractivity contribution is 9.10. The Hall–Kier alpha value is -1.81. The fourth-order valence-electron chi connectivity index (χ4n) is 2.10. The molecule has 0 spiro atoms. The maximum absolute atomic E-state index is 5.81. The van der Waals surface area contributed by atoms with Crippen LogP contribution in [0.2, 0.25) is 0 Å². The van der Waals surface area contributed by atoms with E-state index in [4.69, 9.17) is 5.73 Å². The van der Waals surface area contributed by atoms with Gasteiger partial charge in [0.1, 0.15) is 5.82 Å². The van der Waals surface area contributed by atoms with E-state index in [1.165, 1.54) is 0 Å². The van der Waals surface area contributed by atoms with E-state index < -0.39 is 0 Å². The van der Waals surface area contributed by atoms with Gasteiger partial charge in [-0.3, -0.25) is 0 Å². The summed E-state index contributed by atoms with van der Waals surface area (Å²) >= 11 is 3.57. The molecule has 0 aliphatic heterocycles. The van der Waals surface area contributed by atoms with Crippen molar-refractivity contribution in [2.24, 2.45) is 0 Å². The molecule has 90 valence electrons. The minimum absolute atomic E-state index is 0.738. The molecule has 3 nitrogen and oxygen atoms in total. The molecule has 1 aromatic carbocycles. The van der Waals surface area contributed by atoms with E-state index in [9.17, 15) is 0 Å². The lowest BCUT2D eigenvalue weighted by Crippen LogP contribution is -1.91. The van der Waals surface area contributed by atoms with Gasteiger partial charge in [-0.1, -0.05) is 34.1 Å². The second-order valence-corrected chi connectivity index (χ2v) is 5.06. The molecular formula is C14H12BrN3. The first kappa shape index (κ1) is 11.3. The van der Waals surface area contributed by atoms with Gasteiger partial charge in [-0.15, -0.1) is 0 Å². The van der Waals surface area contributed by atoms with Crippen LogP contribution >= 0.6 is 15.9 Å². The van der Waals surface area contributed by atoms with E-state index in [1.54, 1.807) is 0 Å². The van der Waals surface area contributed by atoms with Crippen LogP contribution < -0.4 is 5.73 Å². The maximum atomic E-state index is 5.81. The summed E-state index contributed by atoms with van der Waals surface area (Å²) in [7, 11) is 0. The van der Waals surface area contributed by atoms with Crippen LogP contribution in [0.4, 0.5) is 5.69 Å². The number of fused-ring (bicyclic) bond motifs is 1. The zero-order chi connectivity index (χ0) is 12.7. The number of nitrogens with zero attached hydrogens (tertiary/aromatic N) is 2. The highest BCUT2D eigenvalue weighted by atomic mass is 79.9. The lowest BCUT2D eigenvalue weighted by Gasteiger charge is -2.02. The van der Waals surface area contributed by atoms with E-state index in [-0.39, 0.29) is 0 Å². The van der Waals surface area contributed by atoms with Crippen molar-refractivity contribution in [1.82, 2.24) is 9.38 Å². The van der Waals surface area contributed by atoms with Crippen molar-refractivity contribution in [1.29, 1.82) is 0 Å². The van der Waals surface area contributed by atoms with Gasteiger partial charge in [0, 0.05) is 21.9 Å². The van der Waals surface area contributed by atoms with Crippen LogP contribution in [-0.2, 0) is 0 Å². The Labute approximate surface area is 113 Å². The van der Waals surface area contributed by atoms with Gasteiger partial charge in [0.2, 0.25) is 0 Å². The average molecular weight is 302 g/mol. The zero-order valence-electron chi connectivity index (χ0n) is 9.89. The quantitative estimate of drug-likeness (QED) is 0.745. The van der Waals surface area contributed by atoms with E-state index in [2.05, 4.69) is 27.0 Å². The molecule has 2 heterocycles. The molecule has 0 saturated carbocycles. The highest BCUT2D eigenvalue weighted by Gasteiger charge is 2.12. The number of rotatable bonds is 1. The van der Waals surface area contributed by atoms with Gasteiger partial charge in [0.05, 0.1) is 11.2 Å². The molecule has 4 heteroatoms. The number of anilines is 1. The summed E-state index contributed by atoms with van der Waals surface area (Å²) in [5, 5.41) is 0. The molecular weight excluding hydrogens is 290 g/mol. The average Bonchev–Trinajstić information content (AvgIpc) is 2.67. The zero-order valence-corrected chi connectivity index (χ0v) is 11.5. The summed E-state index contributed by atoms with van der Waals surface area (Å²) in [4.78, 5) is 4.64. The minimum Gasteiger partial charge on any atom is -0.398 e. The molecule has 0 radical (unpaired) electrons. The number of aryl methyl sites for hydroxylation is 1. The molecule has 2 N–H and O–H groups in total. The molecule has 0 atom stereocenters. The van der Waals surface area contributed by atoms with Crippen LogP contribution in [0.5, 0.6) is 0 Å². The Kier molecular flexibility index (Phi) is 2.59. The van der Waals surface area contributed by atoms with Crippen LogP contribution in [0.3, 0.4) is 0 Å². The second kappa shape index (κ2) is 4.14. The summed E-state index contributed by atoms with van der Waals surface area (Å²) in [6, 6.07) is 12.0. The normalized spacial score (nSPS) is 11.0. The molecule has 0 aliphatic rings. The highest BCUT2D eigenvalue weighted by Crippen LogP contribution is 2.31. The number of benzene rings is 1. The number of hydrogen-bond donors (Lipinski definition) is 1. The third kappa shape index (κ3) is 1.69. The summed E-state index contributed by atoms with van der Waals surface area (Å²) in [5.74, 6) is 0.933. The van der Waals surface area contributed by atoms with Crippen molar-refractivity contribution < 1.29 is 0 Å². The van der Waals surface area contributed by atoms with Gasteiger partial charge in [-0.25, -0.2) is 4.98 Å². The molecule has 18 heavy (non-hydrogen) atoms. The Bertz CT molecular complexity index is 731. The van der Waals surface area contributed by atoms with Crippen LogP contribution in [0.15, 0.2) is 47.1 Å². The van der Waals surface area contributed by atoms with Crippen LogP contribution in [-0.4, -0.2) is 9.38 Å². The Balaban J connectivity index is 2.34. The number of aromatic nitrogens is 2. The molecule has 0 saturated heterocycles. The van der Waals surface area contributed by atoms with E-state index in [0.29, 0.717) is 0 Å². The molecule has 0 aliphatic carbocycles. The van der Waals surface area contributed by atoms with Gasteiger partial charge < -0.3 is 10.1 Å². The standard InChI is InChI=1S/C14H12BrN3/c1-9-17-14(11-4-2-3-5-12(11)15)13-7-6-10(16)8-18(9)13/h2-8H,16H2,1H3. The third-order valence-electron chi connectivity index (χ3n) is 2.97. The van der Waals surface area contributed by atoms with Gasteiger partial charge >= 0.3 is 0 Å². The summed E-state index contributed by atoms with van der Waals surface area (Å²) in [6.45, 7) is 1.98. The van der Waals surface area contributed by atoms with Crippen molar-refractivity contribution in [3.8, 4) is 11.3 Å². The van der Waals surface area contributed by atoms with Crippen molar-refractivity contribution in [2.45, 2.75) is 6.92 Å². The lowest BCUT2D eigenvalue weighted by atomic mass is 10.1. The van der Waals surface area contributed by atoms with Crippen molar-refractivity contribution in [3.05, 3.63) is 52.9 Å². The second-order valence-electron chi connectivity index (χ2n) is 4.21. The number of hydrogen-bond acceptors (Lipinski definition) is 2. The van der Waals surface area contributed by atoms with Gasteiger partial charge in [0.15, 0.2) is 0 Å². The van der Waals surface area contributed by atoms with E-state index in [0.717, 1.165) is 32.8 Å². The first-order chi connectivity index (χ1) is 8.66. The maximum Gasteiger partial charge on any atom is 0.110 e. The fraction of sp³-hybridized carbons (Fsp3) is 0.0714. The summed E-state index contributed by atoms with van der Waals surface area (Å²) in [5.41, 5.74) is 9.68. The lowest BCUT2D eigenvalue weighted by molar-refractivity contribution is 1.05. The van der Waals surface area contributed by atoms with Crippen LogP contribution in [0, 0.1) is 6.92 Å². The molecule has 2 aromatic heterocycles. The Morgan fingerprint density at radius 1 is 1.17 bits per heavy atom. The minimum atomic E-state index is 0.738. The molecule has 0 fully saturated rings. The van der Waals surface area contributed by atoms with Gasteiger partial charge in [-0.2, -0.15) is 0 Å². The van der Waals surface area contributed by atoms with E-state index >= 15 is 0 Å². The third-order valence-corrected chi connectivity index (χ3v) is 3.66. The number of nitrogens with two attached hydrogens (primary N) is 1. The first-order valence-electron chi connectivity index (χ1n) is 5.66. The van der Waals surface area contributed by atoms with Crippen molar-refractivity contribution in [3.63, 3.8) is 0 Å². The predicted molar refractivity (Wildman–Crippen MR) is 77.5 cm³/mol. The van der Waals surface area contributed by atoms with E-state index in [1.807, 2.05) is 47.9 Å². The number of nitrogen functional groups attached to an aromatic ring is 1. The SMILES string of the molecule is Cc1nc(-c2ccccc2Br)c2ccc(N)cn12. The molecule has 0 bridgehead atoms. The van der Waals surface area contributed by atoms with Crippen LogP contribution in [0.25, 0.3) is 16.8 Å². The smallest absolute Gasteiger partial charge is 0.110 e. The van der Waals surface area contributed by atoms with Gasteiger partial charge in [0.25, 0.3) is 0 Å².